The van der Waals surface area contributed by atoms with Gasteiger partial charge in [-0.25, -0.2) is 0 Å². The van der Waals surface area contributed by atoms with Crippen molar-refractivity contribution in [2.45, 2.75) is 92.4 Å². The van der Waals surface area contributed by atoms with Gasteiger partial charge in [0.1, 0.15) is 11.6 Å². The lowest BCUT2D eigenvalue weighted by Crippen LogP contribution is -2.51. The van der Waals surface area contributed by atoms with E-state index in [1.807, 2.05) is 13.8 Å². The quantitative estimate of drug-likeness (QED) is 0.528. The SMILES string of the molecule is CC1CC[C@@]2(C)C(=CC[C@@H]3[C@@H]2CC[C@]2(C)C([C@H](C)C(=O)CC[C@@H](C)CO)C(=O)C[C@@H]32)C1. The second-order valence-corrected chi connectivity index (χ2v) is 12.4. The molecular weight excluding hydrogens is 384 g/mol. The van der Waals surface area contributed by atoms with E-state index in [-0.39, 0.29) is 35.6 Å². The first-order valence-electron chi connectivity index (χ1n) is 13.0. The van der Waals surface area contributed by atoms with Gasteiger partial charge in [0.25, 0.3) is 0 Å². The third-order valence-electron chi connectivity index (χ3n) is 10.5. The number of aliphatic hydroxyl groups is 1. The topological polar surface area (TPSA) is 54.4 Å². The predicted octanol–water partition coefficient (Wildman–Crippen LogP) is 5.99. The van der Waals surface area contributed by atoms with Crippen molar-refractivity contribution in [3.63, 3.8) is 0 Å². The number of allylic oxidation sites excluding steroid dienone is 2. The second kappa shape index (κ2) is 8.43. The average Bonchev–Trinajstić information content (AvgIpc) is 3.01. The Morgan fingerprint density at radius 1 is 1.16 bits per heavy atom. The molecule has 0 amide bonds. The molecule has 0 radical (unpaired) electrons. The smallest absolute Gasteiger partial charge is 0.137 e. The first-order chi connectivity index (χ1) is 14.6. The second-order valence-electron chi connectivity index (χ2n) is 12.4. The summed E-state index contributed by atoms with van der Waals surface area (Å²) in [7, 11) is 0. The van der Waals surface area contributed by atoms with Crippen LogP contribution in [0, 0.1) is 52.3 Å². The number of rotatable bonds is 6. The van der Waals surface area contributed by atoms with Crippen molar-refractivity contribution in [1.82, 2.24) is 0 Å². The number of carbonyl (C=O) groups is 2. The number of hydrogen-bond acceptors (Lipinski definition) is 3. The van der Waals surface area contributed by atoms with Crippen molar-refractivity contribution in [3.05, 3.63) is 11.6 Å². The molecule has 4 aliphatic carbocycles. The third-order valence-corrected chi connectivity index (χ3v) is 10.5. The number of carbonyl (C=O) groups excluding carboxylic acids is 2. The van der Waals surface area contributed by atoms with Gasteiger partial charge in [-0.05, 0) is 85.4 Å². The molecule has 0 heterocycles. The highest BCUT2D eigenvalue weighted by molar-refractivity contribution is 5.92. The normalized spacial score (nSPS) is 44.0. The fraction of sp³-hybridized carbons (Fsp3) is 0.857. The van der Waals surface area contributed by atoms with Gasteiger partial charge in [0.05, 0.1) is 0 Å². The van der Waals surface area contributed by atoms with Gasteiger partial charge in [0.15, 0.2) is 0 Å². The third kappa shape index (κ3) is 3.77. The van der Waals surface area contributed by atoms with Gasteiger partial charge in [-0.3, -0.25) is 9.59 Å². The molecule has 4 rings (SSSR count). The van der Waals surface area contributed by atoms with Crippen LogP contribution in [0.4, 0.5) is 0 Å². The monoisotopic (exact) mass is 428 g/mol. The van der Waals surface area contributed by atoms with E-state index < -0.39 is 0 Å². The summed E-state index contributed by atoms with van der Waals surface area (Å²) in [6.07, 6.45) is 11.8. The summed E-state index contributed by atoms with van der Waals surface area (Å²) in [5.74, 6) is 2.98. The van der Waals surface area contributed by atoms with Crippen molar-refractivity contribution < 1.29 is 14.7 Å². The van der Waals surface area contributed by atoms with E-state index in [1.54, 1.807) is 5.57 Å². The minimum absolute atomic E-state index is 0.0282. The Kier molecular flexibility index (Phi) is 6.31. The molecule has 3 saturated carbocycles. The molecule has 174 valence electrons. The van der Waals surface area contributed by atoms with Crippen LogP contribution >= 0.6 is 0 Å². The minimum Gasteiger partial charge on any atom is -0.396 e. The van der Waals surface area contributed by atoms with Crippen molar-refractivity contribution in [2.24, 2.45) is 52.3 Å². The van der Waals surface area contributed by atoms with Crippen LogP contribution in [0.25, 0.3) is 0 Å². The molecule has 1 N–H and O–H groups in total. The van der Waals surface area contributed by atoms with Gasteiger partial charge < -0.3 is 5.11 Å². The summed E-state index contributed by atoms with van der Waals surface area (Å²) in [4.78, 5) is 26.4. The lowest BCUT2D eigenvalue weighted by molar-refractivity contribution is -0.134. The fourth-order valence-corrected chi connectivity index (χ4v) is 8.42. The van der Waals surface area contributed by atoms with Crippen LogP contribution in [0.2, 0.25) is 0 Å². The van der Waals surface area contributed by atoms with Crippen LogP contribution in [0.3, 0.4) is 0 Å². The molecule has 0 aromatic heterocycles. The van der Waals surface area contributed by atoms with Crippen molar-refractivity contribution in [1.29, 1.82) is 0 Å². The Labute approximate surface area is 189 Å². The zero-order valence-electron chi connectivity index (χ0n) is 20.5. The molecule has 0 aromatic carbocycles. The number of fused-ring (bicyclic) bond motifs is 5. The van der Waals surface area contributed by atoms with Crippen LogP contribution in [-0.2, 0) is 9.59 Å². The van der Waals surface area contributed by atoms with Crippen LogP contribution in [0.1, 0.15) is 92.4 Å². The summed E-state index contributed by atoms with van der Waals surface area (Å²) in [6.45, 7) is 11.4. The molecule has 0 saturated heterocycles. The van der Waals surface area contributed by atoms with Gasteiger partial charge in [0, 0.05) is 31.3 Å². The first-order valence-corrected chi connectivity index (χ1v) is 13.0. The molecule has 0 aliphatic heterocycles. The summed E-state index contributed by atoms with van der Waals surface area (Å²) < 4.78 is 0. The lowest BCUT2D eigenvalue weighted by atomic mass is 9.46. The van der Waals surface area contributed by atoms with Gasteiger partial charge in [-0.2, -0.15) is 0 Å². The molecule has 3 fully saturated rings. The van der Waals surface area contributed by atoms with Gasteiger partial charge in [0.2, 0.25) is 0 Å². The van der Waals surface area contributed by atoms with E-state index >= 15 is 0 Å². The van der Waals surface area contributed by atoms with E-state index in [4.69, 9.17) is 0 Å². The standard InChI is InChI=1S/C28H44O3/c1-17-10-12-27(4)20(14-17)7-8-21-22(27)11-13-28(5)23(21)15-25(31)26(28)19(3)24(30)9-6-18(2)16-29/h7,17-19,21-23,26,29H,6,8-16H2,1-5H3/t17?,18-,19-,21-,22+,23+,26?,27+,28+/m1/s1. The van der Waals surface area contributed by atoms with Crippen molar-refractivity contribution in [2.75, 3.05) is 6.61 Å². The first kappa shape index (κ1) is 23.2. The Morgan fingerprint density at radius 3 is 2.61 bits per heavy atom. The molecule has 0 spiro atoms. The highest BCUT2D eigenvalue weighted by Gasteiger charge is 2.62. The van der Waals surface area contributed by atoms with Crippen LogP contribution in [0.15, 0.2) is 11.6 Å². The molecule has 2 unspecified atom stereocenters. The Balaban J connectivity index is 1.54. The van der Waals surface area contributed by atoms with E-state index in [0.29, 0.717) is 41.8 Å². The van der Waals surface area contributed by atoms with E-state index in [0.717, 1.165) is 25.2 Å². The average molecular weight is 429 g/mol. The maximum absolute atomic E-state index is 13.4. The molecule has 4 aliphatic rings. The molecule has 0 aromatic rings. The van der Waals surface area contributed by atoms with E-state index in [9.17, 15) is 14.7 Å². The van der Waals surface area contributed by atoms with Crippen molar-refractivity contribution in [3.8, 4) is 0 Å². The number of Topliss-reactive ketones (excluding diaryl/α,β-unsaturated/α-hetero) is 2. The molecular formula is C28H44O3. The molecule has 31 heavy (non-hydrogen) atoms. The Morgan fingerprint density at radius 2 is 1.90 bits per heavy atom. The zero-order chi connectivity index (χ0) is 22.6. The highest BCUT2D eigenvalue weighted by atomic mass is 16.3. The maximum Gasteiger partial charge on any atom is 0.137 e. The summed E-state index contributed by atoms with van der Waals surface area (Å²) in [5.41, 5.74) is 2.01. The summed E-state index contributed by atoms with van der Waals surface area (Å²) >= 11 is 0. The van der Waals surface area contributed by atoms with E-state index in [2.05, 4.69) is 26.8 Å². The maximum atomic E-state index is 13.4. The van der Waals surface area contributed by atoms with Crippen LogP contribution in [-0.4, -0.2) is 23.3 Å². The molecule has 9 atom stereocenters. The fourth-order valence-electron chi connectivity index (χ4n) is 8.42. The predicted molar refractivity (Wildman–Crippen MR) is 124 cm³/mol. The lowest BCUT2D eigenvalue weighted by Gasteiger charge is -2.58. The Hall–Kier alpha value is -0.960. The zero-order valence-corrected chi connectivity index (χ0v) is 20.5. The van der Waals surface area contributed by atoms with Crippen LogP contribution < -0.4 is 0 Å². The van der Waals surface area contributed by atoms with Gasteiger partial charge >= 0.3 is 0 Å². The number of ketones is 2. The summed E-state index contributed by atoms with van der Waals surface area (Å²) in [5, 5.41) is 9.29. The van der Waals surface area contributed by atoms with Gasteiger partial charge in [-0.1, -0.05) is 46.3 Å². The minimum atomic E-state index is -0.189. The number of aliphatic hydroxyl groups excluding tert-OH is 1. The Bertz CT molecular complexity index is 753. The largest absolute Gasteiger partial charge is 0.396 e. The summed E-state index contributed by atoms with van der Waals surface area (Å²) in [6, 6.07) is 0. The molecule has 3 heteroatoms. The van der Waals surface area contributed by atoms with Gasteiger partial charge in [-0.15, -0.1) is 0 Å². The van der Waals surface area contributed by atoms with E-state index in [1.165, 1.54) is 25.7 Å². The van der Waals surface area contributed by atoms with Crippen molar-refractivity contribution >= 4 is 11.6 Å². The number of hydrogen-bond donors (Lipinski definition) is 1. The highest BCUT2D eigenvalue weighted by Crippen LogP contribution is 2.66. The molecule has 0 bridgehead atoms. The van der Waals surface area contributed by atoms with Crippen LogP contribution in [0.5, 0.6) is 0 Å². The molecule has 3 nitrogen and oxygen atoms in total.